The summed E-state index contributed by atoms with van der Waals surface area (Å²) in [5.41, 5.74) is 2.17. The van der Waals surface area contributed by atoms with Crippen molar-refractivity contribution in [3.05, 3.63) is 51.7 Å². The lowest BCUT2D eigenvalue weighted by Crippen LogP contribution is -2.03. The number of anilines is 2. The molecule has 1 N–H and O–H groups in total. The van der Waals surface area contributed by atoms with Gasteiger partial charge < -0.3 is 5.32 Å². The zero-order valence-electron chi connectivity index (χ0n) is 10.9. The number of benzene rings is 1. The first-order valence-electron chi connectivity index (χ1n) is 6.43. The molecule has 0 bridgehead atoms. The second-order valence-electron chi connectivity index (χ2n) is 4.83. The van der Waals surface area contributed by atoms with Crippen LogP contribution < -0.4 is 5.32 Å². The Labute approximate surface area is 125 Å². The Morgan fingerprint density at radius 3 is 2.76 bits per heavy atom. The molecule has 2 aromatic rings. The van der Waals surface area contributed by atoms with E-state index in [9.17, 15) is 14.0 Å². The van der Waals surface area contributed by atoms with E-state index in [0.29, 0.717) is 5.56 Å². The summed E-state index contributed by atoms with van der Waals surface area (Å²) >= 11 is 5.84. The first-order valence-corrected chi connectivity index (χ1v) is 6.80. The van der Waals surface area contributed by atoms with E-state index in [0.717, 1.165) is 42.7 Å². The highest BCUT2D eigenvalue weighted by atomic mass is 35.5. The number of hydrogen-bond acceptors (Lipinski definition) is 3. The normalized spacial score (nSPS) is 12.9. The van der Waals surface area contributed by atoms with Gasteiger partial charge in [0.25, 0.3) is 0 Å². The van der Waals surface area contributed by atoms with Crippen molar-refractivity contribution in [1.29, 1.82) is 5.26 Å². The molecule has 0 amide bonds. The number of nitriles is 1. The molecule has 1 aliphatic rings. The molecular weight excluding hydrogens is 296 g/mol. The summed E-state index contributed by atoms with van der Waals surface area (Å²) < 4.78 is 26.9. The molecule has 0 atom stereocenters. The van der Waals surface area contributed by atoms with Gasteiger partial charge >= 0.3 is 0 Å². The monoisotopic (exact) mass is 305 g/mol. The van der Waals surface area contributed by atoms with Crippen LogP contribution in [0.15, 0.2) is 18.2 Å². The molecule has 3 rings (SSSR count). The number of hydrogen-bond donors (Lipinski definition) is 1. The van der Waals surface area contributed by atoms with Gasteiger partial charge in [-0.05, 0) is 37.0 Å². The molecule has 3 nitrogen and oxygen atoms in total. The Hall–Kier alpha value is -2.19. The average Bonchev–Trinajstić information content (AvgIpc) is 2.88. The lowest BCUT2D eigenvalue weighted by molar-refractivity contribution is 0.586. The van der Waals surface area contributed by atoms with E-state index in [-0.39, 0.29) is 16.5 Å². The third-order valence-electron chi connectivity index (χ3n) is 3.42. The quantitative estimate of drug-likeness (QED) is 0.908. The van der Waals surface area contributed by atoms with Gasteiger partial charge in [-0.3, -0.25) is 0 Å². The third kappa shape index (κ3) is 2.55. The van der Waals surface area contributed by atoms with Gasteiger partial charge in [-0.15, -0.1) is 0 Å². The smallest absolute Gasteiger partial charge is 0.151 e. The molecule has 0 saturated carbocycles. The van der Waals surface area contributed by atoms with Gasteiger partial charge in [-0.1, -0.05) is 11.6 Å². The van der Waals surface area contributed by atoms with E-state index < -0.39 is 11.6 Å². The predicted octanol–water partition coefficient (Wildman–Crippen LogP) is 4.12. The van der Waals surface area contributed by atoms with Gasteiger partial charge in [0.05, 0.1) is 16.3 Å². The van der Waals surface area contributed by atoms with Crippen LogP contribution in [0.2, 0.25) is 5.02 Å². The second-order valence-corrected chi connectivity index (χ2v) is 5.23. The van der Waals surface area contributed by atoms with Crippen molar-refractivity contribution in [1.82, 2.24) is 4.98 Å². The number of aryl methyl sites for hydroxylation is 2. The Morgan fingerprint density at radius 2 is 2.05 bits per heavy atom. The van der Waals surface area contributed by atoms with Crippen LogP contribution in [0, 0.1) is 23.0 Å². The van der Waals surface area contributed by atoms with Crippen LogP contribution in [0.5, 0.6) is 0 Å². The number of fused-ring (bicyclic) bond motifs is 1. The van der Waals surface area contributed by atoms with E-state index in [1.54, 1.807) is 6.07 Å². The summed E-state index contributed by atoms with van der Waals surface area (Å²) in [5.74, 6) is -1.35. The maximum Gasteiger partial charge on any atom is 0.151 e. The second kappa shape index (κ2) is 5.30. The van der Waals surface area contributed by atoms with E-state index in [2.05, 4.69) is 10.3 Å². The highest BCUT2D eigenvalue weighted by Crippen LogP contribution is 2.32. The topological polar surface area (TPSA) is 48.7 Å². The Kier molecular flexibility index (Phi) is 3.48. The van der Waals surface area contributed by atoms with Gasteiger partial charge in [-0.2, -0.15) is 5.26 Å². The number of rotatable bonds is 2. The van der Waals surface area contributed by atoms with Crippen molar-refractivity contribution < 1.29 is 8.78 Å². The molecule has 0 radical (unpaired) electrons. The largest absolute Gasteiger partial charge is 0.336 e. The highest BCUT2D eigenvalue weighted by molar-refractivity contribution is 6.33. The number of nitrogens with zero attached hydrogens (tertiary/aromatic N) is 2. The van der Waals surface area contributed by atoms with Gasteiger partial charge in [0.1, 0.15) is 17.7 Å². The average molecular weight is 306 g/mol. The maximum absolute atomic E-state index is 13.8. The van der Waals surface area contributed by atoms with Crippen molar-refractivity contribution in [3.63, 3.8) is 0 Å². The molecule has 1 aliphatic carbocycles. The van der Waals surface area contributed by atoms with Crippen LogP contribution in [0.4, 0.5) is 20.3 Å². The van der Waals surface area contributed by atoms with Gasteiger partial charge in [0.2, 0.25) is 0 Å². The molecule has 0 fully saturated rings. The van der Waals surface area contributed by atoms with Crippen molar-refractivity contribution in [2.75, 3.05) is 5.32 Å². The lowest BCUT2D eigenvalue weighted by atomic mass is 10.1. The third-order valence-corrected chi connectivity index (χ3v) is 3.72. The summed E-state index contributed by atoms with van der Waals surface area (Å²) in [6, 6.07) is 5.52. The molecule has 0 unspecified atom stereocenters. The summed E-state index contributed by atoms with van der Waals surface area (Å²) in [7, 11) is 0. The minimum absolute atomic E-state index is 0.0833. The fraction of sp³-hybridized carbons (Fsp3) is 0.200. The minimum atomic E-state index is -0.828. The minimum Gasteiger partial charge on any atom is -0.336 e. The molecule has 0 aliphatic heterocycles. The Bertz CT molecular complexity index is 745. The van der Waals surface area contributed by atoms with E-state index in [1.807, 2.05) is 6.07 Å². The molecule has 0 saturated heterocycles. The van der Waals surface area contributed by atoms with Crippen molar-refractivity contribution in [2.24, 2.45) is 0 Å². The predicted molar refractivity (Wildman–Crippen MR) is 75.6 cm³/mol. The SMILES string of the molecule is N#Cc1cc2c(nc1Nc1c(F)cc(F)cc1Cl)CCC2. The molecular formula is C15H10ClF2N3. The standard InChI is InChI=1S/C15H10ClF2N3/c16-11-5-10(17)6-12(18)14(11)21-15-9(7-19)4-8-2-1-3-13(8)20-15/h4-6H,1-3H2,(H,20,21). The van der Waals surface area contributed by atoms with Crippen molar-refractivity contribution in [2.45, 2.75) is 19.3 Å². The van der Waals surface area contributed by atoms with Crippen LogP contribution in [0.25, 0.3) is 0 Å². The first kappa shape index (κ1) is 13.8. The summed E-state index contributed by atoms with van der Waals surface area (Å²) in [5, 5.41) is 11.8. The van der Waals surface area contributed by atoms with Crippen LogP contribution in [-0.2, 0) is 12.8 Å². The summed E-state index contributed by atoms with van der Waals surface area (Å²) in [6.07, 6.45) is 2.71. The highest BCUT2D eigenvalue weighted by Gasteiger charge is 2.18. The molecule has 1 aromatic heterocycles. The van der Waals surface area contributed by atoms with Crippen LogP contribution in [0.3, 0.4) is 0 Å². The molecule has 0 spiro atoms. The Balaban J connectivity index is 2.05. The van der Waals surface area contributed by atoms with Crippen LogP contribution in [0.1, 0.15) is 23.2 Å². The van der Waals surface area contributed by atoms with Crippen LogP contribution in [-0.4, -0.2) is 4.98 Å². The van der Waals surface area contributed by atoms with Crippen molar-refractivity contribution in [3.8, 4) is 6.07 Å². The van der Waals surface area contributed by atoms with E-state index in [4.69, 9.17) is 11.6 Å². The van der Waals surface area contributed by atoms with Crippen molar-refractivity contribution >= 4 is 23.1 Å². The Morgan fingerprint density at radius 1 is 1.24 bits per heavy atom. The molecule has 106 valence electrons. The molecule has 1 heterocycles. The lowest BCUT2D eigenvalue weighted by Gasteiger charge is -2.12. The fourth-order valence-electron chi connectivity index (χ4n) is 2.43. The molecule has 21 heavy (non-hydrogen) atoms. The number of pyridine rings is 1. The molecule has 6 heteroatoms. The maximum atomic E-state index is 13.8. The first-order chi connectivity index (χ1) is 10.1. The zero-order valence-corrected chi connectivity index (χ0v) is 11.6. The number of nitrogens with one attached hydrogen (secondary N) is 1. The van der Waals surface area contributed by atoms with E-state index in [1.165, 1.54) is 0 Å². The number of aromatic nitrogens is 1. The van der Waals surface area contributed by atoms with Gasteiger partial charge in [0, 0.05) is 11.8 Å². The fourth-order valence-corrected chi connectivity index (χ4v) is 2.67. The number of halogens is 3. The summed E-state index contributed by atoms with van der Waals surface area (Å²) in [6.45, 7) is 0. The summed E-state index contributed by atoms with van der Waals surface area (Å²) in [4.78, 5) is 4.37. The van der Waals surface area contributed by atoms with Crippen LogP contribution >= 0.6 is 11.6 Å². The molecule has 1 aromatic carbocycles. The van der Waals surface area contributed by atoms with Gasteiger partial charge in [0.15, 0.2) is 5.82 Å². The zero-order chi connectivity index (χ0) is 15.0. The van der Waals surface area contributed by atoms with E-state index >= 15 is 0 Å². The van der Waals surface area contributed by atoms with Gasteiger partial charge in [-0.25, -0.2) is 13.8 Å².